The van der Waals surface area contributed by atoms with Crippen LogP contribution in [0.4, 0.5) is 0 Å². The third kappa shape index (κ3) is 1.89. The first-order chi connectivity index (χ1) is 8.75. The Morgan fingerprint density at radius 1 is 1.17 bits per heavy atom. The Hall–Kier alpha value is -1.80. The smallest absolute Gasteiger partial charge is 0.117 e. The van der Waals surface area contributed by atoms with Gasteiger partial charge in [0.15, 0.2) is 0 Å². The van der Waals surface area contributed by atoms with E-state index in [9.17, 15) is 0 Å². The van der Waals surface area contributed by atoms with Crippen molar-refractivity contribution >= 4 is 17.1 Å². The van der Waals surface area contributed by atoms with Gasteiger partial charge in [-0.3, -0.25) is 0 Å². The number of aryl methyl sites for hydroxylation is 1. The lowest BCUT2D eigenvalue weighted by Crippen LogP contribution is -1.97. The van der Waals surface area contributed by atoms with Gasteiger partial charge in [0.05, 0.1) is 16.7 Å². The molecule has 2 heterocycles. The van der Waals surface area contributed by atoms with Crippen molar-refractivity contribution in [2.24, 2.45) is 0 Å². The maximum atomic E-state index is 6.14. The normalized spacial score (nSPS) is 11.0. The van der Waals surface area contributed by atoms with Crippen LogP contribution in [0.5, 0.6) is 0 Å². The van der Waals surface area contributed by atoms with Gasteiger partial charge in [-0.2, -0.15) is 0 Å². The Kier molecular flexibility index (Phi) is 2.80. The summed E-state index contributed by atoms with van der Waals surface area (Å²) in [4.78, 5) is 4.47. The zero-order chi connectivity index (χ0) is 12.5. The zero-order valence-corrected chi connectivity index (χ0v) is 10.9. The molecule has 0 unspecified atom stereocenters. The van der Waals surface area contributed by atoms with Crippen molar-refractivity contribution < 1.29 is 0 Å². The maximum Gasteiger partial charge on any atom is 0.117 e. The molecule has 0 saturated heterocycles. The van der Waals surface area contributed by atoms with Crippen LogP contribution >= 0.6 is 11.6 Å². The summed E-state index contributed by atoms with van der Waals surface area (Å²) in [6.45, 7) is 2.12. The summed E-state index contributed by atoms with van der Waals surface area (Å²) in [5.41, 5.74) is 3.55. The molecule has 3 aromatic rings. The first-order valence-corrected chi connectivity index (χ1v) is 6.28. The highest BCUT2D eigenvalue weighted by molar-refractivity contribution is 6.33. The van der Waals surface area contributed by atoms with E-state index < -0.39 is 0 Å². The lowest BCUT2D eigenvalue weighted by atomic mass is 10.1. The van der Waals surface area contributed by atoms with Gasteiger partial charge in [-0.05, 0) is 30.2 Å². The summed E-state index contributed by atoms with van der Waals surface area (Å²) >= 11 is 6.14. The number of halogens is 1. The van der Waals surface area contributed by atoms with Gasteiger partial charge in [-0.1, -0.05) is 35.9 Å². The molecule has 0 atom stereocenters. The Balaban J connectivity index is 2.06. The molecule has 0 aliphatic rings. The first kappa shape index (κ1) is 11.3. The van der Waals surface area contributed by atoms with Gasteiger partial charge in [-0.15, -0.1) is 0 Å². The number of fused-ring (bicyclic) bond motifs is 1. The van der Waals surface area contributed by atoms with E-state index in [-0.39, 0.29) is 0 Å². The van der Waals surface area contributed by atoms with Gasteiger partial charge in [0.1, 0.15) is 5.82 Å². The molecule has 0 radical (unpaired) electrons. The van der Waals surface area contributed by atoms with E-state index in [4.69, 9.17) is 11.6 Å². The summed E-state index contributed by atoms with van der Waals surface area (Å²) in [6.07, 6.45) is 4.65. The first-order valence-electron chi connectivity index (χ1n) is 5.90. The highest BCUT2D eigenvalue weighted by Crippen LogP contribution is 2.20. The predicted molar refractivity (Wildman–Crippen MR) is 74.2 cm³/mol. The highest BCUT2D eigenvalue weighted by Gasteiger charge is 2.07. The van der Waals surface area contributed by atoms with Gasteiger partial charge >= 0.3 is 0 Å². The second-order valence-corrected chi connectivity index (χ2v) is 4.80. The molecule has 0 bridgehead atoms. The summed E-state index contributed by atoms with van der Waals surface area (Å²) in [6, 6.07) is 12.2. The van der Waals surface area contributed by atoms with Gasteiger partial charge in [-0.25, -0.2) is 4.98 Å². The summed E-state index contributed by atoms with van der Waals surface area (Å²) in [7, 11) is 0. The average Bonchev–Trinajstić information content (AvgIpc) is 2.77. The van der Waals surface area contributed by atoms with Crippen molar-refractivity contribution in [1.29, 1.82) is 0 Å². The monoisotopic (exact) mass is 256 g/mol. The Bertz CT molecular complexity index is 701. The molecule has 0 aliphatic carbocycles. The number of hydrogen-bond acceptors (Lipinski definition) is 1. The molecule has 2 aromatic heterocycles. The van der Waals surface area contributed by atoms with Crippen molar-refractivity contribution in [2.45, 2.75) is 13.3 Å². The van der Waals surface area contributed by atoms with Crippen LogP contribution in [0.1, 0.15) is 17.0 Å². The van der Waals surface area contributed by atoms with Gasteiger partial charge in [0, 0.05) is 12.6 Å². The molecule has 0 amide bonds. The van der Waals surface area contributed by atoms with Crippen molar-refractivity contribution in [1.82, 2.24) is 9.38 Å². The molecule has 3 heteroatoms. The number of benzene rings is 1. The standard InChI is InChI=1S/C15H13ClN2/c1-11-5-2-3-6-12(11)9-15-17-10-14-13(16)7-4-8-18(14)15/h2-8,10H,9H2,1H3. The quantitative estimate of drug-likeness (QED) is 0.680. The summed E-state index contributed by atoms with van der Waals surface area (Å²) in [5.74, 6) is 1.02. The molecular weight excluding hydrogens is 244 g/mol. The molecule has 0 fully saturated rings. The van der Waals surface area contributed by atoms with Gasteiger partial charge < -0.3 is 4.40 Å². The SMILES string of the molecule is Cc1ccccc1Cc1ncc2c(Cl)cccn12. The molecule has 0 spiro atoms. The lowest BCUT2D eigenvalue weighted by molar-refractivity contribution is 0.955. The Labute approximate surface area is 111 Å². The van der Waals surface area contributed by atoms with E-state index in [1.165, 1.54) is 11.1 Å². The number of hydrogen-bond donors (Lipinski definition) is 0. The number of pyridine rings is 1. The van der Waals surface area contributed by atoms with Gasteiger partial charge in [0.2, 0.25) is 0 Å². The predicted octanol–water partition coefficient (Wildman–Crippen LogP) is 3.89. The zero-order valence-electron chi connectivity index (χ0n) is 10.1. The van der Waals surface area contributed by atoms with E-state index in [0.717, 1.165) is 22.8 Å². The van der Waals surface area contributed by atoms with E-state index in [0.29, 0.717) is 0 Å². The fourth-order valence-corrected chi connectivity index (χ4v) is 2.36. The fourth-order valence-electron chi connectivity index (χ4n) is 2.15. The van der Waals surface area contributed by atoms with Crippen LogP contribution in [-0.2, 0) is 6.42 Å². The van der Waals surface area contributed by atoms with Crippen molar-refractivity contribution in [3.63, 3.8) is 0 Å². The van der Waals surface area contributed by atoms with Crippen molar-refractivity contribution in [2.75, 3.05) is 0 Å². The molecule has 3 rings (SSSR count). The third-order valence-electron chi connectivity index (χ3n) is 3.21. The lowest BCUT2D eigenvalue weighted by Gasteiger charge is -2.05. The van der Waals surface area contributed by atoms with Crippen molar-refractivity contribution in [3.05, 3.63) is 70.8 Å². The molecule has 0 N–H and O–H groups in total. The number of imidazole rings is 1. The second-order valence-electron chi connectivity index (χ2n) is 4.39. The molecule has 1 aromatic carbocycles. The summed E-state index contributed by atoms with van der Waals surface area (Å²) < 4.78 is 2.05. The van der Waals surface area contributed by atoms with Crippen LogP contribution < -0.4 is 0 Å². The maximum absolute atomic E-state index is 6.14. The Morgan fingerprint density at radius 2 is 2.00 bits per heavy atom. The van der Waals surface area contributed by atoms with Crippen LogP contribution in [0.15, 0.2) is 48.8 Å². The van der Waals surface area contributed by atoms with Crippen LogP contribution in [0, 0.1) is 6.92 Å². The summed E-state index contributed by atoms with van der Waals surface area (Å²) in [5, 5.41) is 0.737. The van der Waals surface area contributed by atoms with Crippen LogP contribution in [0.2, 0.25) is 5.02 Å². The molecule has 18 heavy (non-hydrogen) atoms. The van der Waals surface area contributed by atoms with E-state index >= 15 is 0 Å². The highest BCUT2D eigenvalue weighted by atomic mass is 35.5. The molecule has 0 aliphatic heterocycles. The molecule has 90 valence electrons. The Morgan fingerprint density at radius 3 is 2.83 bits per heavy atom. The number of rotatable bonds is 2. The van der Waals surface area contributed by atoms with Crippen LogP contribution in [-0.4, -0.2) is 9.38 Å². The molecule has 0 saturated carbocycles. The topological polar surface area (TPSA) is 17.3 Å². The van der Waals surface area contributed by atoms with E-state index in [2.05, 4.69) is 40.6 Å². The molecular formula is C15H13ClN2. The largest absolute Gasteiger partial charge is 0.302 e. The second kappa shape index (κ2) is 4.46. The van der Waals surface area contributed by atoms with Crippen molar-refractivity contribution in [3.8, 4) is 0 Å². The van der Waals surface area contributed by atoms with Crippen LogP contribution in [0.25, 0.3) is 5.52 Å². The fraction of sp³-hybridized carbons (Fsp3) is 0.133. The number of aromatic nitrogens is 2. The minimum absolute atomic E-state index is 0.737. The van der Waals surface area contributed by atoms with E-state index in [1.54, 1.807) is 0 Å². The number of nitrogens with zero attached hydrogens (tertiary/aromatic N) is 2. The van der Waals surface area contributed by atoms with Gasteiger partial charge in [0.25, 0.3) is 0 Å². The van der Waals surface area contributed by atoms with E-state index in [1.807, 2.05) is 24.5 Å². The minimum Gasteiger partial charge on any atom is -0.302 e. The minimum atomic E-state index is 0.737. The third-order valence-corrected chi connectivity index (χ3v) is 3.53. The average molecular weight is 257 g/mol. The molecule has 2 nitrogen and oxygen atoms in total. The van der Waals surface area contributed by atoms with Crippen LogP contribution in [0.3, 0.4) is 0 Å².